The fourth-order valence-electron chi connectivity index (χ4n) is 3.06. The predicted octanol–water partition coefficient (Wildman–Crippen LogP) is 2.10. The van der Waals surface area contributed by atoms with Gasteiger partial charge in [-0.3, -0.25) is 0 Å². The summed E-state index contributed by atoms with van der Waals surface area (Å²) in [5, 5.41) is 61.1. The lowest BCUT2D eigenvalue weighted by atomic mass is 9.97. The molecule has 0 bridgehead atoms. The molecule has 132 valence electrons. The number of nitriles is 4. The summed E-state index contributed by atoms with van der Waals surface area (Å²) >= 11 is 0. The van der Waals surface area contributed by atoms with Crippen molar-refractivity contribution in [2.45, 2.75) is 0 Å². The van der Waals surface area contributed by atoms with E-state index in [0.717, 1.165) is 0 Å². The molecule has 4 aromatic rings. The minimum absolute atomic E-state index is 0.00738. The van der Waals surface area contributed by atoms with Crippen LogP contribution < -0.4 is 0 Å². The Balaban J connectivity index is 2.56. The molecule has 0 aliphatic carbocycles. The lowest BCUT2D eigenvalue weighted by molar-refractivity contribution is 1.03. The van der Waals surface area contributed by atoms with Crippen LogP contribution in [0.5, 0.6) is 0 Å². The number of hydrogen-bond donors (Lipinski definition) is 0. The van der Waals surface area contributed by atoms with Crippen LogP contribution in [0, 0.1) is 58.5 Å². The zero-order valence-corrected chi connectivity index (χ0v) is 14.4. The lowest BCUT2D eigenvalue weighted by Gasteiger charge is -2.10. The molecule has 3 heterocycles. The van der Waals surface area contributed by atoms with Crippen LogP contribution >= 0.6 is 0 Å². The van der Waals surface area contributed by atoms with Gasteiger partial charge in [0.15, 0.2) is 11.4 Å². The molecule has 0 radical (unpaired) electrons. The first-order valence-corrected chi connectivity index (χ1v) is 7.73. The Labute approximate surface area is 166 Å². The molecule has 0 aliphatic heterocycles. The number of nitrogens with zero attached hydrogens (tertiary/aromatic N) is 12. The molecule has 30 heavy (non-hydrogen) atoms. The molecule has 0 amide bonds. The Kier molecular flexibility index (Phi) is 3.76. The van der Waals surface area contributed by atoms with E-state index in [4.69, 9.17) is 13.1 Å². The van der Waals surface area contributed by atoms with Gasteiger partial charge in [-0.25, -0.2) is 4.85 Å². The molecule has 12 heteroatoms. The van der Waals surface area contributed by atoms with E-state index in [1.165, 1.54) is 0 Å². The molecular formula is C18N12. The van der Waals surface area contributed by atoms with Crippen LogP contribution in [0.3, 0.4) is 0 Å². The second kappa shape index (κ2) is 6.41. The van der Waals surface area contributed by atoms with Crippen molar-refractivity contribution >= 4 is 44.2 Å². The number of rotatable bonds is 0. The van der Waals surface area contributed by atoms with Crippen LogP contribution in [-0.4, -0.2) is 30.6 Å². The summed E-state index contributed by atoms with van der Waals surface area (Å²) in [6, 6.07) is 7.25. The number of fused-ring (bicyclic) bond motifs is 6. The fourth-order valence-corrected chi connectivity index (χ4v) is 3.06. The van der Waals surface area contributed by atoms with Crippen LogP contribution in [0.2, 0.25) is 0 Å². The molecule has 4 rings (SSSR count). The van der Waals surface area contributed by atoms with Gasteiger partial charge in [-0.15, -0.1) is 10.2 Å². The van der Waals surface area contributed by atoms with E-state index in [2.05, 4.69) is 40.3 Å². The third kappa shape index (κ3) is 2.08. The summed E-state index contributed by atoms with van der Waals surface area (Å²) in [6.07, 6.45) is 0. The van der Waals surface area contributed by atoms with E-state index >= 15 is 0 Å². The van der Waals surface area contributed by atoms with Crippen molar-refractivity contribution in [3.8, 4) is 24.3 Å². The molecule has 0 unspecified atom stereocenters. The Morgan fingerprint density at radius 2 is 1.10 bits per heavy atom. The maximum Gasteiger partial charge on any atom is 0.314 e. The largest absolute Gasteiger partial charge is 0.358 e. The average Bonchev–Trinajstić information content (AvgIpc) is 2.80. The fraction of sp³-hybridized carbons (Fsp3) is 0. The van der Waals surface area contributed by atoms with Gasteiger partial charge in [0.25, 0.3) is 0 Å². The monoisotopic (exact) mass is 384 g/mol. The molecule has 0 N–H and O–H groups in total. The van der Waals surface area contributed by atoms with Crippen molar-refractivity contribution in [1.29, 1.82) is 21.0 Å². The van der Waals surface area contributed by atoms with Crippen molar-refractivity contribution < 1.29 is 0 Å². The second-order valence-corrected chi connectivity index (χ2v) is 5.56. The van der Waals surface area contributed by atoms with E-state index in [1.54, 1.807) is 12.1 Å². The third-order valence-corrected chi connectivity index (χ3v) is 4.24. The van der Waals surface area contributed by atoms with Gasteiger partial charge in [0.2, 0.25) is 5.69 Å². The summed E-state index contributed by atoms with van der Waals surface area (Å²) in [6.45, 7) is 14.8. The molecule has 0 saturated heterocycles. The van der Waals surface area contributed by atoms with Crippen molar-refractivity contribution in [1.82, 2.24) is 30.6 Å². The van der Waals surface area contributed by atoms with Gasteiger partial charge in [-0.2, -0.15) is 31.2 Å². The highest BCUT2D eigenvalue weighted by Crippen LogP contribution is 2.41. The first kappa shape index (κ1) is 17.6. The van der Waals surface area contributed by atoms with Crippen LogP contribution in [-0.2, 0) is 0 Å². The first-order chi connectivity index (χ1) is 14.6. The Morgan fingerprint density at radius 3 is 1.63 bits per heavy atom. The van der Waals surface area contributed by atoms with Crippen molar-refractivity contribution in [2.75, 3.05) is 0 Å². The molecular weight excluding hydrogens is 384 g/mol. The van der Waals surface area contributed by atoms with Crippen LogP contribution in [0.1, 0.15) is 22.5 Å². The normalized spacial score (nSPS) is 9.80. The second-order valence-electron chi connectivity index (χ2n) is 5.56. The summed E-state index contributed by atoms with van der Waals surface area (Å²) in [5.41, 5.74) is -1.30. The Morgan fingerprint density at radius 1 is 0.567 bits per heavy atom. The highest BCUT2D eigenvalue weighted by Gasteiger charge is 2.26. The van der Waals surface area contributed by atoms with Crippen LogP contribution in [0.4, 0.5) is 11.5 Å². The first-order valence-electron chi connectivity index (χ1n) is 7.73. The van der Waals surface area contributed by atoms with Gasteiger partial charge in [0, 0.05) is 10.8 Å². The minimum Gasteiger partial charge on any atom is -0.358 e. The predicted molar refractivity (Wildman–Crippen MR) is 97.1 cm³/mol. The average molecular weight is 384 g/mol. The van der Waals surface area contributed by atoms with E-state index < -0.39 is 0 Å². The van der Waals surface area contributed by atoms with Gasteiger partial charge in [0.1, 0.15) is 34.8 Å². The molecule has 0 saturated carbocycles. The topological polar surface area (TPSA) is 181 Å². The number of benzene rings is 1. The van der Waals surface area contributed by atoms with Crippen molar-refractivity contribution in [3.05, 3.63) is 45.3 Å². The zero-order valence-electron chi connectivity index (χ0n) is 14.4. The van der Waals surface area contributed by atoms with E-state index in [1.807, 2.05) is 12.1 Å². The standard InChI is InChI=1S/C18N12/c1-23-14-10(6-22)26-28-16-11-7(3-19)9(5-21)25-27-15(11)12-8(4-20)18(24-2)30-29-17(12)13(14)16. The van der Waals surface area contributed by atoms with Gasteiger partial charge in [-0.05, 0) is 5.10 Å². The Bertz CT molecular complexity index is 1470. The summed E-state index contributed by atoms with van der Waals surface area (Å²) < 4.78 is 0. The smallest absolute Gasteiger partial charge is 0.314 e. The van der Waals surface area contributed by atoms with Gasteiger partial charge in [-0.1, -0.05) is 11.7 Å². The molecule has 3 aromatic heterocycles. The number of hydrogen-bond acceptors (Lipinski definition) is 10. The van der Waals surface area contributed by atoms with Crippen LogP contribution in [0.25, 0.3) is 42.4 Å². The molecule has 0 spiro atoms. The molecule has 0 fully saturated rings. The zero-order chi connectivity index (χ0) is 21.4. The van der Waals surface area contributed by atoms with E-state index in [9.17, 15) is 21.0 Å². The SMILES string of the molecule is [C-]#[N+]c1nnc2c(c1C#N)c1nnc(C#N)c(C#N)c1c1nnc(C#N)c([N+]#[C-])c12. The highest BCUT2D eigenvalue weighted by atomic mass is 15.2. The van der Waals surface area contributed by atoms with Crippen molar-refractivity contribution in [2.24, 2.45) is 0 Å². The molecule has 0 aliphatic rings. The van der Waals surface area contributed by atoms with Crippen molar-refractivity contribution in [3.63, 3.8) is 0 Å². The quantitative estimate of drug-likeness (QED) is 0.321. The highest BCUT2D eigenvalue weighted by molar-refractivity contribution is 6.27. The maximum atomic E-state index is 9.67. The molecule has 1 aromatic carbocycles. The third-order valence-electron chi connectivity index (χ3n) is 4.24. The Hall–Kier alpha value is -5.82. The van der Waals surface area contributed by atoms with Crippen LogP contribution in [0.15, 0.2) is 0 Å². The molecule has 12 nitrogen and oxygen atoms in total. The van der Waals surface area contributed by atoms with E-state index in [0.29, 0.717) is 0 Å². The molecule has 0 atom stereocenters. The summed E-state index contributed by atoms with van der Waals surface area (Å²) in [5.74, 6) is -0.317. The van der Waals surface area contributed by atoms with Gasteiger partial charge in [0.05, 0.1) is 29.1 Å². The lowest BCUT2D eigenvalue weighted by Crippen LogP contribution is -2.02. The summed E-state index contributed by atoms with van der Waals surface area (Å²) in [4.78, 5) is 6.53. The minimum atomic E-state index is -0.317. The number of aromatic nitrogens is 6. The van der Waals surface area contributed by atoms with Gasteiger partial charge >= 0.3 is 5.82 Å². The van der Waals surface area contributed by atoms with E-state index in [-0.39, 0.29) is 66.7 Å². The summed E-state index contributed by atoms with van der Waals surface area (Å²) in [7, 11) is 0. The van der Waals surface area contributed by atoms with Gasteiger partial charge < -0.3 is 4.85 Å². The maximum absolute atomic E-state index is 9.67.